The minimum atomic E-state index is -0.937. The van der Waals surface area contributed by atoms with Gasteiger partial charge < -0.3 is 4.74 Å². The van der Waals surface area contributed by atoms with Crippen LogP contribution in [0, 0.1) is 11.6 Å². The van der Waals surface area contributed by atoms with Crippen molar-refractivity contribution in [2.45, 2.75) is 13.3 Å². The van der Waals surface area contributed by atoms with Gasteiger partial charge in [0, 0.05) is 0 Å². The van der Waals surface area contributed by atoms with Crippen LogP contribution in [0.4, 0.5) is 8.78 Å². The molecule has 0 saturated heterocycles. The lowest BCUT2D eigenvalue weighted by molar-refractivity contribution is 0.111. The van der Waals surface area contributed by atoms with E-state index in [0.717, 1.165) is 6.07 Å². The molecule has 0 atom stereocenters. The molecule has 0 aromatic heterocycles. The molecule has 76 valence electrons. The van der Waals surface area contributed by atoms with E-state index in [4.69, 9.17) is 4.74 Å². The van der Waals surface area contributed by atoms with Gasteiger partial charge in [0.1, 0.15) is 5.82 Å². The van der Waals surface area contributed by atoms with Gasteiger partial charge in [0.05, 0.1) is 12.2 Å². The number of carbonyl (C=O) groups is 1. The standard InChI is InChI=1S/C10H10F2O2/c1-2-5-14-9-4-3-8(11)7(6-13)10(9)12/h3-4,6H,2,5H2,1H3. The number of ether oxygens (including phenoxy) is 1. The highest BCUT2D eigenvalue weighted by Gasteiger charge is 2.13. The number of hydrogen-bond acceptors (Lipinski definition) is 2. The molecule has 0 aliphatic heterocycles. The fraction of sp³-hybridized carbons (Fsp3) is 0.300. The maximum absolute atomic E-state index is 13.3. The van der Waals surface area contributed by atoms with Crippen LogP contribution in [0.25, 0.3) is 0 Å². The van der Waals surface area contributed by atoms with Crippen molar-refractivity contribution in [1.82, 2.24) is 0 Å². The Kier molecular flexibility index (Phi) is 3.56. The highest BCUT2D eigenvalue weighted by atomic mass is 19.1. The fourth-order valence-corrected chi connectivity index (χ4v) is 0.981. The zero-order valence-corrected chi connectivity index (χ0v) is 7.72. The largest absolute Gasteiger partial charge is 0.491 e. The summed E-state index contributed by atoms with van der Waals surface area (Å²) in [5.74, 6) is -1.90. The summed E-state index contributed by atoms with van der Waals surface area (Å²) in [5.41, 5.74) is -0.585. The maximum atomic E-state index is 13.3. The Bertz CT molecular complexity index is 337. The van der Waals surface area contributed by atoms with Gasteiger partial charge in [0.25, 0.3) is 0 Å². The monoisotopic (exact) mass is 200 g/mol. The Morgan fingerprint density at radius 2 is 2.14 bits per heavy atom. The second kappa shape index (κ2) is 4.69. The molecule has 1 aromatic rings. The van der Waals surface area contributed by atoms with Crippen molar-refractivity contribution in [3.05, 3.63) is 29.3 Å². The van der Waals surface area contributed by atoms with Gasteiger partial charge in [-0.2, -0.15) is 0 Å². The summed E-state index contributed by atoms with van der Waals surface area (Å²) in [6.07, 6.45) is 0.858. The summed E-state index contributed by atoms with van der Waals surface area (Å²) in [4.78, 5) is 10.3. The first kappa shape index (κ1) is 10.6. The van der Waals surface area contributed by atoms with E-state index in [1.165, 1.54) is 6.07 Å². The average molecular weight is 200 g/mol. The van der Waals surface area contributed by atoms with Crippen LogP contribution in [0.15, 0.2) is 12.1 Å². The number of carbonyl (C=O) groups excluding carboxylic acids is 1. The zero-order valence-electron chi connectivity index (χ0n) is 7.72. The van der Waals surface area contributed by atoms with E-state index in [1.54, 1.807) is 0 Å². The van der Waals surface area contributed by atoms with E-state index in [-0.39, 0.29) is 12.0 Å². The van der Waals surface area contributed by atoms with Gasteiger partial charge in [0.2, 0.25) is 0 Å². The van der Waals surface area contributed by atoms with Gasteiger partial charge in [-0.05, 0) is 18.6 Å². The Labute approximate surface area is 80.5 Å². The van der Waals surface area contributed by atoms with E-state index in [2.05, 4.69) is 0 Å². The SMILES string of the molecule is CCCOc1ccc(F)c(C=O)c1F. The zero-order chi connectivity index (χ0) is 10.6. The number of hydrogen-bond donors (Lipinski definition) is 0. The molecular formula is C10H10F2O2. The van der Waals surface area contributed by atoms with Crippen LogP contribution < -0.4 is 4.74 Å². The topological polar surface area (TPSA) is 26.3 Å². The van der Waals surface area contributed by atoms with Crippen LogP contribution in [0.1, 0.15) is 23.7 Å². The summed E-state index contributed by atoms with van der Waals surface area (Å²) >= 11 is 0. The van der Waals surface area contributed by atoms with Crippen LogP contribution in [-0.4, -0.2) is 12.9 Å². The number of aldehydes is 1. The molecule has 0 radical (unpaired) electrons. The van der Waals surface area contributed by atoms with Crippen molar-refractivity contribution in [3.63, 3.8) is 0 Å². The summed E-state index contributed by atoms with van der Waals surface area (Å²) in [5, 5.41) is 0. The Balaban J connectivity index is 3.02. The highest BCUT2D eigenvalue weighted by molar-refractivity contribution is 5.76. The van der Waals surface area contributed by atoms with Gasteiger partial charge in [0.15, 0.2) is 17.9 Å². The van der Waals surface area contributed by atoms with Crippen LogP contribution >= 0.6 is 0 Å². The molecule has 0 spiro atoms. The Morgan fingerprint density at radius 3 is 2.71 bits per heavy atom. The molecule has 0 amide bonds. The van der Waals surface area contributed by atoms with Crippen molar-refractivity contribution in [2.75, 3.05) is 6.61 Å². The third-order valence-electron chi connectivity index (χ3n) is 1.67. The van der Waals surface area contributed by atoms with Crippen molar-refractivity contribution >= 4 is 6.29 Å². The molecule has 0 aliphatic rings. The number of benzene rings is 1. The molecule has 2 nitrogen and oxygen atoms in total. The minimum Gasteiger partial charge on any atom is -0.491 e. The van der Waals surface area contributed by atoms with Crippen molar-refractivity contribution in [1.29, 1.82) is 0 Å². The van der Waals surface area contributed by atoms with Gasteiger partial charge in [-0.1, -0.05) is 6.92 Å². The van der Waals surface area contributed by atoms with E-state index in [1.807, 2.05) is 6.92 Å². The molecule has 1 rings (SSSR count). The molecule has 0 unspecified atom stereocenters. The summed E-state index contributed by atoms with van der Waals surface area (Å²) in [6, 6.07) is 2.19. The third-order valence-corrected chi connectivity index (χ3v) is 1.67. The lowest BCUT2D eigenvalue weighted by Crippen LogP contribution is -2.01. The normalized spacial score (nSPS) is 9.93. The Hall–Kier alpha value is -1.45. The quantitative estimate of drug-likeness (QED) is 0.698. The van der Waals surface area contributed by atoms with E-state index in [0.29, 0.717) is 13.0 Å². The smallest absolute Gasteiger partial charge is 0.178 e. The molecule has 0 bridgehead atoms. The van der Waals surface area contributed by atoms with Crippen molar-refractivity contribution < 1.29 is 18.3 Å². The van der Waals surface area contributed by atoms with Crippen LogP contribution in [-0.2, 0) is 0 Å². The maximum Gasteiger partial charge on any atom is 0.178 e. The first-order valence-corrected chi connectivity index (χ1v) is 4.26. The van der Waals surface area contributed by atoms with Gasteiger partial charge in [-0.25, -0.2) is 8.78 Å². The van der Waals surface area contributed by atoms with Crippen LogP contribution in [0.5, 0.6) is 5.75 Å². The summed E-state index contributed by atoms with van der Waals surface area (Å²) in [7, 11) is 0. The molecule has 4 heteroatoms. The number of halogens is 2. The summed E-state index contributed by atoms with van der Waals surface area (Å²) in [6.45, 7) is 2.20. The molecule has 0 heterocycles. The lowest BCUT2D eigenvalue weighted by atomic mass is 10.2. The first-order chi connectivity index (χ1) is 6.70. The van der Waals surface area contributed by atoms with Crippen molar-refractivity contribution in [3.8, 4) is 5.75 Å². The Morgan fingerprint density at radius 1 is 1.43 bits per heavy atom. The molecule has 0 aliphatic carbocycles. The second-order valence-electron chi connectivity index (χ2n) is 2.74. The highest BCUT2D eigenvalue weighted by Crippen LogP contribution is 2.21. The predicted molar refractivity (Wildman–Crippen MR) is 47.5 cm³/mol. The van der Waals surface area contributed by atoms with E-state index in [9.17, 15) is 13.6 Å². The molecule has 0 saturated carbocycles. The van der Waals surface area contributed by atoms with E-state index >= 15 is 0 Å². The van der Waals surface area contributed by atoms with Crippen LogP contribution in [0.2, 0.25) is 0 Å². The molecule has 0 fully saturated rings. The summed E-state index contributed by atoms with van der Waals surface area (Å²) < 4.78 is 31.1. The van der Waals surface area contributed by atoms with Gasteiger partial charge in [-0.3, -0.25) is 4.79 Å². The van der Waals surface area contributed by atoms with Gasteiger partial charge >= 0.3 is 0 Å². The van der Waals surface area contributed by atoms with E-state index < -0.39 is 17.2 Å². The predicted octanol–water partition coefficient (Wildman–Crippen LogP) is 2.57. The van der Waals surface area contributed by atoms with Gasteiger partial charge in [-0.15, -0.1) is 0 Å². The van der Waals surface area contributed by atoms with Crippen molar-refractivity contribution in [2.24, 2.45) is 0 Å². The lowest BCUT2D eigenvalue weighted by Gasteiger charge is -2.06. The molecule has 14 heavy (non-hydrogen) atoms. The average Bonchev–Trinajstić information content (AvgIpc) is 2.18. The third kappa shape index (κ3) is 2.07. The molecular weight excluding hydrogens is 190 g/mol. The minimum absolute atomic E-state index is 0.0876. The second-order valence-corrected chi connectivity index (χ2v) is 2.74. The fourth-order valence-electron chi connectivity index (χ4n) is 0.981. The molecule has 0 N–H and O–H groups in total. The molecule has 1 aromatic carbocycles. The number of rotatable bonds is 4. The van der Waals surface area contributed by atoms with Crippen LogP contribution in [0.3, 0.4) is 0 Å². The first-order valence-electron chi connectivity index (χ1n) is 4.26.